The smallest absolute Gasteiger partial charge is 0.133 e. The normalized spacial score (nSPS) is 18.3. The molecule has 0 unspecified atom stereocenters. The van der Waals surface area contributed by atoms with Crippen LogP contribution in [-0.4, -0.2) is 26.0 Å². The molecule has 3 aromatic heterocycles. The van der Waals surface area contributed by atoms with Gasteiger partial charge < -0.3 is 4.57 Å². The molecule has 1 aliphatic carbocycles. The van der Waals surface area contributed by atoms with Gasteiger partial charge in [0.25, 0.3) is 0 Å². The van der Waals surface area contributed by atoms with Gasteiger partial charge in [-0.2, -0.15) is 0 Å². The van der Waals surface area contributed by atoms with Gasteiger partial charge in [-0.05, 0) is 24.3 Å². The average molecular weight is 342 g/mol. The molecule has 4 heterocycles. The summed E-state index contributed by atoms with van der Waals surface area (Å²) in [5.74, 6) is 0. The van der Waals surface area contributed by atoms with E-state index in [-0.39, 0.29) is 0 Å². The molecule has 0 amide bonds. The SMILES string of the molecule is c1csc(-c2nc(CN3CCc4c(ncn4C4CC4)C3)cs2)c1. The van der Waals surface area contributed by atoms with Gasteiger partial charge >= 0.3 is 0 Å². The van der Waals surface area contributed by atoms with E-state index in [1.807, 2.05) is 0 Å². The summed E-state index contributed by atoms with van der Waals surface area (Å²) in [7, 11) is 0. The Balaban J connectivity index is 1.30. The van der Waals surface area contributed by atoms with E-state index in [1.165, 1.54) is 34.8 Å². The van der Waals surface area contributed by atoms with Crippen LogP contribution < -0.4 is 0 Å². The zero-order chi connectivity index (χ0) is 15.2. The average Bonchev–Trinajstić information content (AvgIpc) is 2.99. The Labute approximate surface area is 143 Å². The first kappa shape index (κ1) is 13.9. The van der Waals surface area contributed by atoms with Crippen LogP contribution in [-0.2, 0) is 19.5 Å². The van der Waals surface area contributed by atoms with Crippen LogP contribution in [0.5, 0.6) is 0 Å². The number of hydrogen-bond acceptors (Lipinski definition) is 5. The monoisotopic (exact) mass is 342 g/mol. The molecular weight excluding hydrogens is 324 g/mol. The van der Waals surface area contributed by atoms with Crippen molar-refractivity contribution in [1.29, 1.82) is 0 Å². The van der Waals surface area contributed by atoms with E-state index < -0.39 is 0 Å². The van der Waals surface area contributed by atoms with Crippen LogP contribution in [0.4, 0.5) is 0 Å². The number of thiophene rings is 1. The molecule has 5 rings (SSSR count). The van der Waals surface area contributed by atoms with Crippen LogP contribution in [0.25, 0.3) is 9.88 Å². The van der Waals surface area contributed by atoms with Gasteiger partial charge in [0.1, 0.15) is 5.01 Å². The van der Waals surface area contributed by atoms with Crippen LogP contribution in [0.15, 0.2) is 29.2 Å². The molecule has 0 atom stereocenters. The summed E-state index contributed by atoms with van der Waals surface area (Å²) in [6.07, 6.45) is 5.84. The van der Waals surface area contributed by atoms with Crippen molar-refractivity contribution in [1.82, 2.24) is 19.4 Å². The molecule has 1 saturated carbocycles. The van der Waals surface area contributed by atoms with Crippen molar-refractivity contribution < 1.29 is 0 Å². The Morgan fingerprint density at radius 1 is 1.26 bits per heavy atom. The van der Waals surface area contributed by atoms with E-state index >= 15 is 0 Å². The van der Waals surface area contributed by atoms with Crippen LogP contribution >= 0.6 is 22.7 Å². The molecule has 0 spiro atoms. The van der Waals surface area contributed by atoms with E-state index in [0.717, 1.165) is 37.1 Å². The lowest BCUT2D eigenvalue weighted by molar-refractivity contribution is 0.237. The Hall–Kier alpha value is -1.50. The fourth-order valence-electron chi connectivity index (χ4n) is 3.31. The summed E-state index contributed by atoms with van der Waals surface area (Å²) in [4.78, 5) is 13.2. The zero-order valence-corrected chi connectivity index (χ0v) is 14.4. The largest absolute Gasteiger partial charge is 0.331 e. The summed E-state index contributed by atoms with van der Waals surface area (Å²) in [5, 5.41) is 5.46. The third-order valence-corrected chi connectivity index (χ3v) is 6.56. The maximum absolute atomic E-state index is 4.81. The third-order valence-electron chi connectivity index (χ3n) is 4.63. The van der Waals surface area contributed by atoms with Gasteiger partial charge in [-0.1, -0.05) is 6.07 Å². The molecule has 23 heavy (non-hydrogen) atoms. The highest BCUT2D eigenvalue weighted by Crippen LogP contribution is 2.37. The Morgan fingerprint density at radius 3 is 3.04 bits per heavy atom. The van der Waals surface area contributed by atoms with E-state index in [4.69, 9.17) is 4.98 Å². The van der Waals surface area contributed by atoms with Crippen LogP contribution in [0, 0.1) is 0 Å². The van der Waals surface area contributed by atoms with Crippen molar-refractivity contribution in [3.05, 3.63) is 46.3 Å². The van der Waals surface area contributed by atoms with Gasteiger partial charge in [-0.25, -0.2) is 9.97 Å². The maximum Gasteiger partial charge on any atom is 0.133 e. The Bertz CT molecular complexity index is 814. The second-order valence-corrected chi connectivity index (χ2v) is 8.16. The highest BCUT2D eigenvalue weighted by Gasteiger charge is 2.29. The Morgan fingerprint density at radius 2 is 2.22 bits per heavy atom. The summed E-state index contributed by atoms with van der Waals surface area (Å²) in [6, 6.07) is 4.97. The first-order chi connectivity index (χ1) is 11.4. The number of fused-ring (bicyclic) bond motifs is 1. The van der Waals surface area contributed by atoms with E-state index in [9.17, 15) is 0 Å². The lowest BCUT2D eigenvalue weighted by Crippen LogP contribution is -2.31. The number of hydrogen-bond donors (Lipinski definition) is 0. The molecule has 6 heteroatoms. The second-order valence-electron chi connectivity index (χ2n) is 6.36. The molecule has 4 nitrogen and oxygen atoms in total. The van der Waals surface area contributed by atoms with Crippen molar-refractivity contribution in [2.45, 2.75) is 38.4 Å². The lowest BCUT2D eigenvalue weighted by atomic mass is 10.1. The van der Waals surface area contributed by atoms with Crippen molar-refractivity contribution >= 4 is 22.7 Å². The molecule has 0 N–H and O–H groups in total. The minimum Gasteiger partial charge on any atom is -0.331 e. The highest BCUT2D eigenvalue weighted by molar-refractivity contribution is 7.20. The zero-order valence-electron chi connectivity index (χ0n) is 12.8. The van der Waals surface area contributed by atoms with Crippen LogP contribution in [0.1, 0.15) is 36.0 Å². The van der Waals surface area contributed by atoms with Crippen molar-refractivity contribution in [3.63, 3.8) is 0 Å². The van der Waals surface area contributed by atoms with Crippen LogP contribution in [0.2, 0.25) is 0 Å². The molecule has 2 aliphatic rings. The Kier molecular flexibility index (Phi) is 3.35. The lowest BCUT2D eigenvalue weighted by Gasteiger charge is -2.26. The first-order valence-corrected chi connectivity index (χ1v) is 9.88. The van der Waals surface area contributed by atoms with Crippen molar-refractivity contribution in [3.8, 4) is 9.88 Å². The van der Waals surface area contributed by atoms with Crippen molar-refractivity contribution in [2.24, 2.45) is 0 Å². The van der Waals surface area contributed by atoms with Gasteiger partial charge in [0, 0.05) is 43.2 Å². The summed E-state index contributed by atoms with van der Waals surface area (Å²) >= 11 is 3.51. The molecule has 0 aromatic carbocycles. The number of imidazole rings is 1. The van der Waals surface area contributed by atoms with E-state index in [0.29, 0.717) is 0 Å². The number of thiazole rings is 1. The fourth-order valence-corrected chi connectivity index (χ4v) is 4.93. The van der Waals surface area contributed by atoms with Crippen molar-refractivity contribution in [2.75, 3.05) is 6.54 Å². The highest BCUT2D eigenvalue weighted by atomic mass is 32.1. The summed E-state index contributed by atoms with van der Waals surface area (Å²) < 4.78 is 2.42. The first-order valence-electron chi connectivity index (χ1n) is 8.12. The van der Waals surface area contributed by atoms with Crippen LogP contribution in [0.3, 0.4) is 0 Å². The van der Waals surface area contributed by atoms with Gasteiger partial charge in [0.2, 0.25) is 0 Å². The molecule has 0 radical (unpaired) electrons. The molecule has 0 bridgehead atoms. The van der Waals surface area contributed by atoms with E-state index in [2.05, 4.69) is 43.7 Å². The van der Waals surface area contributed by atoms with Gasteiger partial charge in [-0.3, -0.25) is 4.90 Å². The molecule has 1 fully saturated rings. The van der Waals surface area contributed by atoms with Gasteiger partial charge in [0.15, 0.2) is 0 Å². The predicted molar refractivity (Wildman–Crippen MR) is 93.7 cm³/mol. The van der Waals surface area contributed by atoms with Gasteiger partial charge in [-0.15, -0.1) is 22.7 Å². The minimum absolute atomic E-state index is 0.740. The third kappa shape index (κ3) is 2.65. The fraction of sp³-hybridized carbons (Fsp3) is 0.412. The number of rotatable bonds is 4. The number of nitrogens with zero attached hydrogens (tertiary/aromatic N) is 4. The number of aromatic nitrogens is 3. The quantitative estimate of drug-likeness (QED) is 0.720. The predicted octanol–water partition coefficient (Wildman–Crippen LogP) is 3.96. The maximum atomic E-state index is 4.81. The van der Waals surface area contributed by atoms with Gasteiger partial charge in [0.05, 0.1) is 22.6 Å². The molecule has 1 aliphatic heterocycles. The molecule has 0 saturated heterocycles. The topological polar surface area (TPSA) is 34.0 Å². The minimum atomic E-state index is 0.740. The summed E-state index contributed by atoms with van der Waals surface area (Å²) in [5.41, 5.74) is 3.93. The molecule has 3 aromatic rings. The standard InChI is InChI=1S/C17H18N4S2/c1-2-16(22-7-1)17-19-12(10-23-17)8-20-6-5-15-14(9-20)18-11-21(15)13-3-4-13/h1-2,7,10-11,13H,3-6,8-9H2. The second kappa shape index (κ2) is 5.54. The molecular formula is C17H18N4S2. The van der Waals surface area contributed by atoms with E-state index in [1.54, 1.807) is 22.7 Å². The summed E-state index contributed by atoms with van der Waals surface area (Å²) in [6.45, 7) is 3.00. The molecule has 118 valence electrons.